The molecule has 10 heavy (non-hydrogen) atoms. The minimum atomic E-state index is 0.769. The van der Waals surface area contributed by atoms with Crippen LogP contribution in [0.25, 0.3) is 0 Å². The third-order valence-corrected chi connectivity index (χ3v) is 1.72. The summed E-state index contributed by atoms with van der Waals surface area (Å²) >= 11 is 0. The highest BCUT2D eigenvalue weighted by Gasteiger charge is 2.20. The van der Waals surface area contributed by atoms with Crippen molar-refractivity contribution in [2.45, 2.75) is 25.4 Å². The van der Waals surface area contributed by atoms with E-state index in [0.717, 1.165) is 18.3 Å². The van der Waals surface area contributed by atoms with Crippen LogP contribution in [0.2, 0.25) is 0 Å². The number of rotatable bonds is 3. The molecule has 0 unspecified atom stereocenters. The third kappa shape index (κ3) is 1.39. The molecule has 1 N–H and O–H groups in total. The highest BCUT2D eigenvalue weighted by atomic mass is 16.3. The molecule has 54 valence electrons. The van der Waals surface area contributed by atoms with Crippen LogP contribution in [-0.4, -0.2) is 6.04 Å². The summed E-state index contributed by atoms with van der Waals surface area (Å²) in [7, 11) is 0. The summed E-state index contributed by atoms with van der Waals surface area (Å²) in [4.78, 5) is 0. The van der Waals surface area contributed by atoms with Gasteiger partial charge in [-0.1, -0.05) is 0 Å². The first-order valence-corrected chi connectivity index (χ1v) is 3.71. The molecule has 1 aromatic rings. The van der Waals surface area contributed by atoms with E-state index in [1.807, 2.05) is 12.1 Å². The second-order valence-corrected chi connectivity index (χ2v) is 2.73. The van der Waals surface area contributed by atoms with Gasteiger partial charge in [-0.3, -0.25) is 0 Å². The Morgan fingerprint density at radius 3 is 3.10 bits per heavy atom. The normalized spacial score (nSPS) is 17.6. The Morgan fingerprint density at radius 1 is 1.60 bits per heavy atom. The fourth-order valence-electron chi connectivity index (χ4n) is 0.946. The van der Waals surface area contributed by atoms with Crippen LogP contribution in [0, 0.1) is 0 Å². The molecule has 1 fully saturated rings. The van der Waals surface area contributed by atoms with Crippen molar-refractivity contribution in [2.75, 3.05) is 0 Å². The molecule has 0 bridgehead atoms. The molecule has 0 amide bonds. The first-order valence-electron chi connectivity index (χ1n) is 3.71. The van der Waals surface area contributed by atoms with E-state index in [1.54, 1.807) is 6.26 Å². The van der Waals surface area contributed by atoms with Crippen LogP contribution in [-0.2, 0) is 6.54 Å². The molecule has 2 rings (SSSR count). The molecule has 2 heteroatoms. The molecule has 0 aliphatic heterocycles. The van der Waals surface area contributed by atoms with Crippen LogP contribution in [0.15, 0.2) is 22.8 Å². The molecule has 1 aliphatic carbocycles. The van der Waals surface area contributed by atoms with E-state index in [0.29, 0.717) is 0 Å². The summed E-state index contributed by atoms with van der Waals surface area (Å²) in [6, 6.07) is 4.68. The average molecular weight is 137 g/mol. The van der Waals surface area contributed by atoms with E-state index in [9.17, 15) is 0 Å². The lowest BCUT2D eigenvalue weighted by atomic mass is 10.4. The molecular weight excluding hydrogens is 126 g/mol. The van der Waals surface area contributed by atoms with E-state index < -0.39 is 0 Å². The number of furan rings is 1. The van der Waals surface area contributed by atoms with Crippen molar-refractivity contribution in [2.24, 2.45) is 0 Å². The quantitative estimate of drug-likeness (QED) is 0.683. The second-order valence-electron chi connectivity index (χ2n) is 2.73. The fraction of sp³-hybridized carbons (Fsp3) is 0.500. The van der Waals surface area contributed by atoms with Gasteiger partial charge in [0.05, 0.1) is 12.8 Å². The molecule has 0 spiro atoms. The van der Waals surface area contributed by atoms with Gasteiger partial charge in [-0.15, -0.1) is 0 Å². The van der Waals surface area contributed by atoms with Gasteiger partial charge in [-0.05, 0) is 25.0 Å². The van der Waals surface area contributed by atoms with Gasteiger partial charge in [0.15, 0.2) is 0 Å². The van der Waals surface area contributed by atoms with Gasteiger partial charge < -0.3 is 9.73 Å². The highest BCUT2D eigenvalue weighted by Crippen LogP contribution is 2.19. The third-order valence-electron chi connectivity index (χ3n) is 1.72. The summed E-state index contributed by atoms with van der Waals surface area (Å²) in [5.74, 6) is 1.03. The van der Waals surface area contributed by atoms with Crippen LogP contribution in [0.1, 0.15) is 18.6 Å². The molecule has 1 aromatic heterocycles. The standard InChI is InChI=1S/C8H11NO/c1-2-8(10-5-1)6-9-7-3-4-7/h1-2,5,7,9H,3-4,6H2. The lowest BCUT2D eigenvalue weighted by Gasteiger charge is -1.96. The fourth-order valence-corrected chi connectivity index (χ4v) is 0.946. The molecule has 2 nitrogen and oxygen atoms in total. The lowest BCUT2D eigenvalue weighted by Crippen LogP contribution is -2.14. The molecule has 0 saturated heterocycles. The summed E-state index contributed by atoms with van der Waals surface area (Å²) in [6.07, 6.45) is 4.38. The summed E-state index contributed by atoms with van der Waals surface area (Å²) in [5, 5.41) is 3.37. The molecule has 1 aliphatic rings. The van der Waals surface area contributed by atoms with Gasteiger partial charge in [-0.2, -0.15) is 0 Å². The first-order chi connectivity index (χ1) is 4.95. The van der Waals surface area contributed by atoms with Crippen LogP contribution in [0.4, 0.5) is 0 Å². The molecule has 0 radical (unpaired) electrons. The Hall–Kier alpha value is -0.760. The van der Waals surface area contributed by atoms with E-state index in [-0.39, 0.29) is 0 Å². The number of nitrogens with one attached hydrogen (secondary N) is 1. The summed E-state index contributed by atoms with van der Waals surface area (Å²) in [6.45, 7) is 0.887. The van der Waals surface area contributed by atoms with Gasteiger partial charge in [0, 0.05) is 6.04 Å². The van der Waals surface area contributed by atoms with E-state index in [4.69, 9.17) is 4.42 Å². The Bertz CT molecular complexity index is 189. The smallest absolute Gasteiger partial charge is 0.117 e. The Labute approximate surface area is 60.2 Å². The highest BCUT2D eigenvalue weighted by molar-refractivity contribution is 4.98. The van der Waals surface area contributed by atoms with Crippen molar-refractivity contribution in [3.05, 3.63) is 24.2 Å². The largest absolute Gasteiger partial charge is 0.468 e. The minimum absolute atomic E-state index is 0.769. The predicted octanol–water partition coefficient (Wildman–Crippen LogP) is 1.53. The molecule has 0 atom stereocenters. The maximum atomic E-state index is 5.15. The van der Waals surface area contributed by atoms with Gasteiger partial charge in [-0.25, -0.2) is 0 Å². The van der Waals surface area contributed by atoms with E-state index in [2.05, 4.69) is 5.32 Å². The SMILES string of the molecule is c1coc(CNC2CC2)c1. The summed E-state index contributed by atoms with van der Waals surface area (Å²) in [5.41, 5.74) is 0. The Balaban J connectivity index is 1.79. The predicted molar refractivity (Wildman–Crippen MR) is 38.6 cm³/mol. The van der Waals surface area contributed by atoms with Crippen LogP contribution in [0.3, 0.4) is 0 Å². The van der Waals surface area contributed by atoms with Crippen molar-refractivity contribution >= 4 is 0 Å². The Morgan fingerprint density at radius 2 is 2.50 bits per heavy atom. The van der Waals surface area contributed by atoms with Crippen molar-refractivity contribution in [3.63, 3.8) is 0 Å². The van der Waals surface area contributed by atoms with E-state index in [1.165, 1.54) is 12.8 Å². The van der Waals surface area contributed by atoms with Crippen molar-refractivity contribution in [1.29, 1.82) is 0 Å². The molecule has 0 aromatic carbocycles. The zero-order chi connectivity index (χ0) is 6.81. The Kier molecular flexibility index (Phi) is 1.47. The van der Waals surface area contributed by atoms with Crippen molar-refractivity contribution in [3.8, 4) is 0 Å². The lowest BCUT2D eigenvalue weighted by molar-refractivity contribution is 0.482. The van der Waals surface area contributed by atoms with Crippen LogP contribution >= 0.6 is 0 Å². The van der Waals surface area contributed by atoms with Gasteiger partial charge in [0.25, 0.3) is 0 Å². The molecular formula is C8H11NO. The molecule has 1 saturated carbocycles. The monoisotopic (exact) mass is 137 g/mol. The van der Waals surface area contributed by atoms with Crippen molar-refractivity contribution in [1.82, 2.24) is 5.32 Å². The minimum Gasteiger partial charge on any atom is -0.468 e. The average Bonchev–Trinajstić information content (AvgIpc) is 2.63. The zero-order valence-corrected chi connectivity index (χ0v) is 5.84. The van der Waals surface area contributed by atoms with Crippen molar-refractivity contribution < 1.29 is 4.42 Å². The van der Waals surface area contributed by atoms with E-state index >= 15 is 0 Å². The van der Waals surface area contributed by atoms with Gasteiger partial charge in [0.1, 0.15) is 5.76 Å². The van der Waals surface area contributed by atoms with Crippen LogP contribution in [0.5, 0.6) is 0 Å². The van der Waals surface area contributed by atoms with Gasteiger partial charge in [0.2, 0.25) is 0 Å². The van der Waals surface area contributed by atoms with Gasteiger partial charge >= 0.3 is 0 Å². The topological polar surface area (TPSA) is 25.2 Å². The molecule has 1 heterocycles. The zero-order valence-electron chi connectivity index (χ0n) is 5.84. The first kappa shape index (κ1) is 5.98. The maximum Gasteiger partial charge on any atom is 0.117 e. The number of hydrogen-bond donors (Lipinski definition) is 1. The van der Waals surface area contributed by atoms with Crippen LogP contribution < -0.4 is 5.32 Å². The second kappa shape index (κ2) is 2.46. The maximum absolute atomic E-state index is 5.15. The summed E-state index contributed by atoms with van der Waals surface area (Å²) < 4.78 is 5.15. The number of hydrogen-bond acceptors (Lipinski definition) is 2.